The van der Waals surface area contributed by atoms with Gasteiger partial charge in [0.1, 0.15) is 15.6 Å². The number of H-pyrrole nitrogens is 1. The Morgan fingerprint density at radius 1 is 1.57 bits per heavy atom. The predicted molar refractivity (Wildman–Crippen MR) is 80.7 cm³/mol. The van der Waals surface area contributed by atoms with Gasteiger partial charge in [-0.05, 0) is 28.9 Å². The molecule has 2 N–H and O–H groups in total. The molecule has 114 valence electrons. The van der Waals surface area contributed by atoms with E-state index in [9.17, 15) is 13.2 Å². The average molecular weight is 394 g/mol. The van der Waals surface area contributed by atoms with Crippen LogP contribution in [0.4, 0.5) is 0 Å². The van der Waals surface area contributed by atoms with E-state index in [1.807, 2.05) is 0 Å². The minimum atomic E-state index is -3.79. The molecule has 0 bridgehead atoms. The predicted octanol–water partition coefficient (Wildman–Crippen LogP) is 2.06. The smallest absolute Gasteiger partial charge is 0.348 e. The van der Waals surface area contributed by atoms with E-state index in [0.717, 1.165) is 11.3 Å². The van der Waals surface area contributed by atoms with Crippen LogP contribution in [0.5, 0.6) is 0 Å². The van der Waals surface area contributed by atoms with Crippen molar-refractivity contribution in [2.24, 2.45) is 0 Å². The molecule has 0 aliphatic rings. The number of thiophene rings is 1. The summed E-state index contributed by atoms with van der Waals surface area (Å²) in [7, 11) is -2.55. The van der Waals surface area contributed by atoms with Crippen molar-refractivity contribution in [2.75, 3.05) is 7.11 Å². The highest BCUT2D eigenvalue weighted by molar-refractivity contribution is 9.11. The number of imidazole rings is 1. The fourth-order valence-electron chi connectivity index (χ4n) is 1.60. The number of hydrogen-bond acceptors (Lipinski definition) is 6. The van der Waals surface area contributed by atoms with Gasteiger partial charge in [0.15, 0.2) is 0 Å². The number of hydrogen-bond donors (Lipinski definition) is 2. The lowest BCUT2D eigenvalue weighted by molar-refractivity contribution is 0.0606. The second kappa shape index (κ2) is 6.26. The molecule has 0 aliphatic heterocycles. The van der Waals surface area contributed by atoms with E-state index in [-0.39, 0.29) is 9.77 Å². The summed E-state index contributed by atoms with van der Waals surface area (Å²) >= 11 is 4.16. The van der Waals surface area contributed by atoms with Crippen LogP contribution in [-0.2, 0) is 14.8 Å². The van der Waals surface area contributed by atoms with Crippen molar-refractivity contribution in [2.45, 2.75) is 17.9 Å². The summed E-state index contributed by atoms with van der Waals surface area (Å²) in [4.78, 5) is 18.5. The molecule has 10 heteroatoms. The van der Waals surface area contributed by atoms with Gasteiger partial charge < -0.3 is 9.72 Å². The van der Waals surface area contributed by atoms with Crippen LogP contribution < -0.4 is 4.72 Å². The molecule has 7 nitrogen and oxygen atoms in total. The number of aromatic amines is 1. The van der Waals surface area contributed by atoms with Crippen molar-refractivity contribution in [3.8, 4) is 0 Å². The number of carbonyl (C=O) groups excluding carboxylic acids is 1. The Hall–Kier alpha value is -1.23. The highest BCUT2D eigenvalue weighted by atomic mass is 79.9. The van der Waals surface area contributed by atoms with Gasteiger partial charge >= 0.3 is 5.97 Å². The quantitative estimate of drug-likeness (QED) is 0.756. The van der Waals surface area contributed by atoms with E-state index < -0.39 is 22.0 Å². The van der Waals surface area contributed by atoms with Gasteiger partial charge in [-0.15, -0.1) is 11.3 Å². The zero-order chi connectivity index (χ0) is 15.6. The van der Waals surface area contributed by atoms with Crippen LogP contribution in [0.15, 0.2) is 27.1 Å². The van der Waals surface area contributed by atoms with E-state index in [0.29, 0.717) is 9.61 Å². The number of rotatable bonds is 5. The van der Waals surface area contributed by atoms with Crippen LogP contribution in [0.2, 0.25) is 0 Å². The molecule has 0 fully saturated rings. The molecule has 2 heterocycles. The third kappa shape index (κ3) is 3.51. The third-order valence-corrected chi connectivity index (χ3v) is 6.37. The molecule has 0 saturated heterocycles. The molecule has 1 unspecified atom stereocenters. The van der Waals surface area contributed by atoms with Gasteiger partial charge in [0.05, 0.1) is 16.9 Å². The molecule has 21 heavy (non-hydrogen) atoms. The summed E-state index contributed by atoms with van der Waals surface area (Å²) in [6, 6.07) is 0.746. The van der Waals surface area contributed by atoms with Crippen LogP contribution in [0.1, 0.15) is 28.5 Å². The van der Waals surface area contributed by atoms with Gasteiger partial charge in [-0.2, -0.15) is 0 Å². The summed E-state index contributed by atoms with van der Waals surface area (Å²) in [5.74, 6) is -0.0839. The normalized spacial score (nSPS) is 13.1. The number of methoxy groups -OCH3 is 1. The number of nitrogens with one attached hydrogen (secondary N) is 2. The maximum Gasteiger partial charge on any atom is 0.348 e. The Bertz CT molecular complexity index is 740. The van der Waals surface area contributed by atoms with Crippen LogP contribution in [0, 0.1) is 0 Å². The Labute approximate surface area is 133 Å². The molecule has 0 aliphatic carbocycles. The number of nitrogens with zero attached hydrogens (tertiary/aromatic N) is 1. The Morgan fingerprint density at radius 2 is 2.29 bits per heavy atom. The van der Waals surface area contributed by atoms with Crippen LogP contribution in [-0.4, -0.2) is 31.5 Å². The molecule has 0 saturated carbocycles. The second-order valence-corrected chi connectivity index (χ2v) is 8.11. The lowest BCUT2D eigenvalue weighted by Gasteiger charge is -2.11. The van der Waals surface area contributed by atoms with Crippen molar-refractivity contribution >= 4 is 43.3 Å². The summed E-state index contributed by atoms with van der Waals surface area (Å²) in [5.41, 5.74) is 0. The minimum absolute atomic E-state index is 0.00805. The molecule has 1 atom stereocenters. The molecule has 2 aromatic heterocycles. The average Bonchev–Trinajstić information content (AvgIpc) is 3.06. The number of sulfonamides is 1. The molecule has 2 rings (SSSR count). The summed E-state index contributed by atoms with van der Waals surface area (Å²) in [6.07, 6.45) is 3.14. The first-order chi connectivity index (χ1) is 9.85. The Balaban J connectivity index is 2.27. The maximum absolute atomic E-state index is 12.4. The van der Waals surface area contributed by atoms with E-state index in [4.69, 9.17) is 0 Å². The minimum Gasteiger partial charge on any atom is -0.465 e. The third-order valence-electron chi connectivity index (χ3n) is 2.59. The van der Waals surface area contributed by atoms with E-state index in [2.05, 4.69) is 35.4 Å². The summed E-state index contributed by atoms with van der Waals surface area (Å²) < 4.78 is 32.1. The number of carbonyl (C=O) groups is 1. The molecular weight excluding hydrogens is 382 g/mol. The van der Waals surface area contributed by atoms with Crippen molar-refractivity contribution in [1.29, 1.82) is 0 Å². The molecule has 2 aromatic rings. The lowest BCUT2D eigenvalue weighted by Crippen LogP contribution is -2.27. The summed E-state index contributed by atoms with van der Waals surface area (Å²) in [6.45, 7) is 1.66. The van der Waals surface area contributed by atoms with Crippen molar-refractivity contribution in [3.05, 3.63) is 32.9 Å². The van der Waals surface area contributed by atoms with E-state index in [1.165, 1.54) is 19.4 Å². The highest BCUT2D eigenvalue weighted by Gasteiger charge is 2.26. The molecule has 0 radical (unpaired) electrons. The lowest BCUT2D eigenvalue weighted by atomic mass is 10.3. The van der Waals surface area contributed by atoms with Crippen LogP contribution >= 0.6 is 27.3 Å². The fourth-order valence-corrected chi connectivity index (χ4v) is 5.29. The molecular formula is C11H12BrN3O4S2. The number of halogens is 1. The van der Waals surface area contributed by atoms with Crippen molar-refractivity contribution < 1.29 is 17.9 Å². The van der Waals surface area contributed by atoms with Crippen molar-refractivity contribution in [3.63, 3.8) is 0 Å². The van der Waals surface area contributed by atoms with Gasteiger partial charge in [-0.3, -0.25) is 0 Å². The molecule has 0 spiro atoms. The molecule has 0 aromatic carbocycles. The number of esters is 1. The van der Waals surface area contributed by atoms with Gasteiger partial charge in [0.2, 0.25) is 10.0 Å². The second-order valence-electron chi connectivity index (χ2n) is 4.06. The topological polar surface area (TPSA) is 101 Å². The maximum atomic E-state index is 12.4. The number of ether oxygens (including phenoxy) is 1. The SMILES string of the molecule is COC(=O)c1cc(S(=O)(=O)NC(C)c2ncc[nH]2)c(Br)s1. The first-order valence-electron chi connectivity index (χ1n) is 5.74. The van der Waals surface area contributed by atoms with Crippen LogP contribution in [0.25, 0.3) is 0 Å². The fraction of sp³-hybridized carbons (Fsp3) is 0.273. The van der Waals surface area contributed by atoms with Gasteiger partial charge in [-0.1, -0.05) is 0 Å². The first kappa shape index (κ1) is 16.1. The zero-order valence-electron chi connectivity index (χ0n) is 11.1. The summed E-state index contributed by atoms with van der Waals surface area (Å²) in [5, 5.41) is 0. The standard InChI is InChI=1S/C11H12BrN3O4S2/c1-6(10-13-3-4-14-10)15-21(17,18)8-5-7(11(16)19-2)20-9(8)12/h3-6,15H,1-2H3,(H,13,14). The van der Waals surface area contributed by atoms with E-state index >= 15 is 0 Å². The van der Waals surface area contributed by atoms with E-state index in [1.54, 1.807) is 13.1 Å². The van der Waals surface area contributed by atoms with Gasteiger partial charge in [0.25, 0.3) is 0 Å². The number of aromatic nitrogens is 2. The van der Waals surface area contributed by atoms with Gasteiger partial charge in [-0.25, -0.2) is 22.9 Å². The monoisotopic (exact) mass is 393 g/mol. The Kier molecular flexibility index (Phi) is 4.81. The van der Waals surface area contributed by atoms with Crippen LogP contribution in [0.3, 0.4) is 0 Å². The largest absolute Gasteiger partial charge is 0.465 e. The van der Waals surface area contributed by atoms with Crippen molar-refractivity contribution in [1.82, 2.24) is 14.7 Å². The molecule has 0 amide bonds. The first-order valence-corrected chi connectivity index (χ1v) is 8.83. The van der Waals surface area contributed by atoms with Gasteiger partial charge in [0, 0.05) is 12.4 Å². The highest BCUT2D eigenvalue weighted by Crippen LogP contribution is 2.32. The zero-order valence-corrected chi connectivity index (χ0v) is 14.3. The Morgan fingerprint density at radius 3 is 2.86 bits per heavy atom.